The molecule has 1 spiro atoms. The number of anilines is 4. The lowest BCUT2D eigenvalue weighted by molar-refractivity contribution is 0.0650. The summed E-state index contributed by atoms with van der Waals surface area (Å²) in [6.45, 7) is 5.10. The fraction of sp³-hybridized carbons (Fsp3) is 0.519. The van der Waals surface area contributed by atoms with E-state index in [9.17, 15) is 4.39 Å². The first-order valence-electron chi connectivity index (χ1n) is 13.6. The lowest BCUT2D eigenvalue weighted by Crippen LogP contribution is -2.50. The Kier molecular flexibility index (Phi) is 9.55. The van der Waals surface area contributed by atoms with E-state index in [0.717, 1.165) is 43.3 Å². The van der Waals surface area contributed by atoms with Crippen molar-refractivity contribution in [2.24, 2.45) is 11.1 Å². The number of nitrogens with one attached hydrogen (secondary N) is 1. The van der Waals surface area contributed by atoms with E-state index in [0.29, 0.717) is 34.2 Å². The number of piperidine rings is 1. The first kappa shape index (κ1) is 30.9. The van der Waals surface area contributed by atoms with Gasteiger partial charge in [0.05, 0.1) is 43.2 Å². The van der Waals surface area contributed by atoms with Gasteiger partial charge in [0, 0.05) is 48.9 Å². The number of aromatic nitrogens is 5. The van der Waals surface area contributed by atoms with Crippen molar-refractivity contribution in [1.82, 2.24) is 24.9 Å². The summed E-state index contributed by atoms with van der Waals surface area (Å²) >= 11 is 8.13. The van der Waals surface area contributed by atoms with E-state index in [1.807, 2.05) is 6.07 Å². The molecule has 0 unspecified atom stereocenters. The van der Waals surface area contributed by atoms with Crippen LogP contribution in [-0.4, -0.2) is 89.2 Å². The summed E-state index contributed by atoms with van der Waals surface area (Å²) < 4.78 is 25.2. The van der Waals surface area contributed by atoms with Crippen LogP contribution in [0.15, 0.2) is 46.8 Å². The molecule has 0 saturated carbocycles. The molecule has 15 heteroatoms. The molecule has 3 aliphatic rings. The van der Waals surface area contributed by atoms with Crippen LogP contribution in [0.5, 0.6) is 0 Å². The van der Waals surface area contributed by atoms with Crippen molar-refractivity contribution in [3.8, 4) is 0 Å². The van der Waals surface area contributed by atoms with Crippen molar-refractivity contribution in [3.05, 3.63) is 41.9 Å². The van der Waals surface area contributed by atoms with E-state index in [4.69, 9.17) is 26.8 Å². The number of hydrogen-bond acceptors (Lipinski definition) is 12. The Morgan fingerprint density at radius 1 is 1.12 bits per heavy atom. The maximum atomic E-state index is 14.2. The van der Waals surface area contributed by atoms with Crippen LogP contribution < -0.4 is 20.9 Å². The number of pyridine rings is 1. The molecule has 0 aromatic carbocycles. The summed E-state index contributed by atoms with van der Waals surface area (Å²) in [6.07, 6.45) is 7.32. The van der Waals surface area contributed by atoms with Crippen molar-refractivity contribution in [3.63, 3.8) is 0 Å². The van der Waals surface area contributed by atoms with Crippen LogP contribution in [0, 0.1) is 5.41 Å². The lowest BCUT2D eigenvalue weighted by Gasteiger charge is -2.41. The summed E-state index contributed by atoms with van der Waals surface area (Å²) in [6, 6.07) is 3.61. The van der Waals surface area contributed by atoms with Crippen LogP contribution in [0.25, 0.3) is 0 Å². The summed E-state index contributed by atoms with van der Waals surface area (Å²) in [5, 5.41) is 4.30. The molecule has 3 aliphatic heterocycles. The Morgan fingerprint density at radius 2 is 1.90 bits per heavy atom. The maximum absolute atomic E-state index is 14.2. The molecule has 3 N–H and O–H groups in total. The second-order valence-corrected chi connectivity index (χ2v) is 12.2. The zero-order valence-electron chi connectivity index (χ0n) is 23.3. The molecule has 3 aromatic heterocycles. The largest absolute Gasteiger partial charge is 0.377 e. The Hall–Kier alpha value is -2.55. The van der Waals surface area contributed by atoms with Gasteiger partial charge in [-0.3, -0.25) is 0 Å². The van der Waals surface area contributed by atoms with Gasteiger partial charge < -0.3 is 30.3 Å². The second kappa shape index (κ2) is 13.0. The third kappa shape index (κ3) is 6.22. The normalized spacial score (nSPS) is 25.1. The van der Waals surface area contributed by atoms with E-state index >= 15 is 0 Å². The molecule has 3 saturated heterocycles. The number of halogens is 3. The number of alkyl halides is 1. The van der Waals surface area contributed by atoms with Gasteiger partial charge in [-0.1, -0.05) is 23.4 Å². The van der Waals surface area contributed by atoms with Crippen LogP contribution in [0.3, 0.4) is 0 Å². The molecule has 11 nitrogen and oxygen atoms in total. The van der Waals surface area contributed by atoms with E-state index < -0.39 is 12.3 Å². The molecule has 6 heterocycles. The maximum Gasteiger partial charge on any atom is 0.227 e. The van der Waals surface area contributed by atoms with Crippen LogP contribution in [0.4, 0.5) is 27.8 Å². The predicted octanol–water partition coefficient (Wildman–Crippen LogP) is 4.14. The van der Waals surface area contributed by atoms with Gasteiger partial charge in [-0.25, -0.2) is 24.3 Å². The second-order valence-electron chi connectivity index (χ2n) is 10.7. The number of hydrogen-bond donors (Lipinski definition) is 2. The highest BCUT2D eigenvalue weighted by atomic mass is 35.5. The number of rotatable bonds is 7. The van der Waals surface area contributed by atoms with E-state index in [-0.39, 0.29) is 36.5 Å². The zero-order chi connectivity index (χ0) is 28.6. The van der Waals surface area contributed by atoms with Crippen molar-refractivity contribution >= 4 is 59.2 Å². The number of nitrogens with two attached hydrogens (primary N) is 1. The Bertz CT molecular complexity index is 1370. The van der Waals surface area contributed by atoms with E-state index in [1.165, 1.54) is 18.9 Å². The third-order valence-corrected chi connectivity index (χ3v) is 9.76. The van der Waals surface area contributed by atoms with Gasteiger partial charge in [-0.2, -0.15) is 4.98 Å². The zero-order valence-corrected chi connectivity index (χ0v) is 25.7. The summed E-state index contributed by atoms with van der Waals surface area (Å²) in [5.41, 5.74) is 6.52. The highest BCUT2D eigenvalue weighted by Gasteiger charge is 2.47. The Labute approximate surface area is 259 Å². The molecule has 3 aromatic rings. The smallest absolute Gasteiger partial charge is 0.227 e. The van der Waals surface area contributed by atoms with Crippen molar-refractivity contribution < 1.29 is 13.9 Å². The van der Waals surface area contributed by atoms with Crippen LogP contribution in [0.2, 0.25) is 5.02 Å². The molecule has 0 radical (unpaired) electrons. The summed E-state index contributed by atoms with van der Waals surface area (Å²) in [5.74, 6) is 2.19. The minimum Gasteiger partial charge on any atom is -0.377 e. The molecule has 0 amide bonds. The number of nitrogens with zero attached hydrogens (tertiary/aromatic N) is 7. The molecule has 226 valence electrons. The van der Waals surface area contributed by atoms with Crippen LogP contribution >= 0.6 is 35.8 Å². The van der Waals surface area contributed by atoms with E-state index in [1.54, 1.807) is 35.8 Å². The number of methoxy groups -OCH3 is 1. The van der Waals surface area contributed by atoms with Gasteiger partial charge in [0.2, 0.25) is 5.95 Å². The Morgan fingerprint density at radius 3 is 2.57 bits per heavy atom. The van der Waals surface area contributed by atoms with Gasteiger partial charge in [0.1, 0.15) is 28.9 Å². The average molecular weight is 639 g/mol. The lowest BCUT2D eigenvalue weighted by atomic mass is 9.73. The molecular weight excluding hydrogens is 604 g/mol. The summed E-state index contributed by atoms with van der Waals surface area (Å²) in [7, 11) is 1.50. The van der Waals surface area contributed by atoms with Crippen molar-refractivity contribution in [1.29, 1.82) is 0 Å². The Balaban J connectivity index is 0.00000353. The predicted molar refractivity (Wildman–Crippen MR) is 163 cm³/mol. The van der Waals surface area contributed by atoms with Crippen molar-refractivity contribution in [2.45, 2.75) is 54.1 Å². The topological polar surface area (TPSA) is 127 Å². The van der Waals surface area contributed by atoms with Crippen LogP contribution in [-0.2, 0) is 9.47 Å². The molecule has 3 fully saturated rings. The first-order valence-corrected chi connectivity index (χ1v) is 14.8. The highest BCUT2D eigenvalue weighted by molar-refractivity contribution is 7.99. The minimum atomic E-state index is -1.09. The highest BCUT2D eigenvalue weighted by Crippen LogP contribution is 2.42. The fourth-order valence-corrected chi connectivity index (χ4v) is 6.72. The quantitative estimate of drug-likeness (QED) is 0.386. The standard InChI is InChI=1S/C27H33ClFN9O2S.ClH/c1-16-24(30)27(15-40-16)5-9-37(10-6-27)21-11-34-22(12-33-21)41-19-3-7-31-25(23(19)28)35-20-4-8-32-26(36-20)38-13-17(29)18(14-38)39-2;/h3-4,7-8,11-12,16-18,24H,5-6,9-10,13-15,30H2,1-2H3,(H,31,32,35,36);1H/t16-,17+,18+,24+;/m0./s1. The third-order valence-electron chi connectivity index (χ3n) is 8.29. The van der Waals surface area contributed by atoms with Gasteiger partial charge in [0.15, 0.2) is 5.82 Å². The monoisotopic (exact) mass is 637 g/mol. The SMILES string of the molecule is CO[C@@H]1CN(c2nccc(Nc3nccc(Sc4cnc(N5CCC6(CC5)CO[C@@H](C)[C@H]6N)cn4)c3Cl)n2)C[C@H]1F.Cl. The average Bonchev–Trinajstić information content (AvgIpc) is 3.51. The molecule has 6 rings (SSSR count). The molecule has 4 atom stereocenters. The van der Waals surface area contributed by atoms with E-state index in [2.05, 4.69) is 42.1 Å². The minimum absolute atomic E-state index is 0. The van der Waals surface area contributed by atoms with Gasteiger partial charge in [-0.05, 0) is 31.9 Å². The molecule has 42 heavy (non-hydrogen) atoms. The fourth-order valence-electron chi connectivity index (χ4n) is 5.70. The molecular formula is C27H34Cl2FN9O2S. The van der Waals surface area contributed by atoms with Gasteiger partial charge in [0.25, 0.3) is 0 Å². The summed E-state index contributed by atoms with van der Waals surface area (Å²) in [4.78, 5) is 27.3. The van der Waals surface area contributed by atoms with Gasteiger partial charge in [-0.15, -0.1) is 12.4 Å². The van der Waals surface area contributed by atoms with Crippen molar-refractivity contribution in [2.75, 3.05) is 55.0 Å². The molecule has 0 aliphatic carbocycles. The number of ether oxygens (including phenoxy) is 2. The van der Waals surface area contributed by atoms with Crippen LogP contribution in [0.1, 0.15) is 19.8 Å². The molecule has 0 bridgehead atoms. The van der Waals surface area contributed by atoms with Gasteiger partial charge >= 0.3 is 0 Å². The first-order chi connectivity index (χ1) is 19.8.